The van der Waals surface area contributed by atoms with Gasteiger partial charge in [0.15, 0.2) is 5.13 Å². The van der Waals surface area contributed by atoms with Gasteiger partial charge in [0.05, 0.1) is 0 Å². The Morgan fingerprint density at radius 1 is 1.41 bits per heavy atom. The van der Waals surface area contributed by atoms with Gasteiger partial charge in [0.2, 0.25) is 5.91 Å². The van der Waals surface area contributed by atoms with E-state index in [0.29, 0.717) is 17.3 Å². The maximum Gasteiger partial charge on any atom is 0.326 e. The van der Waals surface area contributed by atoms with Crippen LogP contribution in [0.1, 0.15) is 30.8 Å². The number of nitrogens with zero attached hydrogens (tertiary/aromatic N) is 1. The summed E-state index contributed by atoms with van der Waals surface area (Å²) in [5, 5.41) is 15.9. The highest BCUT2D eigenvalue weighted by atomic mass is 32.2. The third kappa shape index (κ3) is 5.64. The zero-order chi connectivity index (χ0) is 16.7. The number of rotatable bonds is 8. The highest BCUT2D eigenvalue weighted by Crippen LogP contribution is 2.16. The highest BCUT2D eigenvalue weighted by molar-refractivity contribution is 7.98. The SMILES string of the molecule is CSCCC(NC(=O)c1csc(NC(=O)C(C)C)n1)C(=O)O. The van der Waals surface area contributed by atoms with Crippen LogP contribution in [0, 0.1) is 5.92 Å². The van der Waals surface area contributed by atoms with E-state index in [2.05, 4.69) is 15.6 Å². The number of nitrogens with one attached hydrogen (secondary N) is 2. The molecule has 0 aliphatic carbocycles. The first-order valence-electron chi connectivity index (χ1n) is 6.64. The molecule has 0 aliphatic rings. The van der Waals surface area contributed by atoms with Gasteiger partial charge in [-0.1, -0.05) is 13.8 Å². The lowest BCUT2D eigenvalue weighted by Crippen LogP contribution is -2.41. The number of hydrogen-bond donors (Lipinski definition) is 3. The van der Waals surface area contributed by atoms with E-state index in [-0.39, 0.29) is 17.5 Å². The number of anilines is 1. The quantitative estimate of drug-likeness (QED) is 0.661. The number of aliphatic carboxylic acids is 1. The molecule has 22 heavy (non-hydrogen) atoms. The summed E-state index contributed by atoms with van der Waals surface area (Å²) >= 11 is 2.63. The number of amides is 2. The van der Waals surface area contributed by atoms with Crippen molar-refractivity contribution >= 4 is 46.0 Å². The molecule has 1 rings (SSSR count). The second-order valence-electron chi connectivity index (χ2n) is 4.83. The van der Waals surface area contributed by atoms with Crippen LogP contribution in [0.25, 0.3) is 0 Å². The van der Waals surface area contributed by atoms with Crippen molar-refractivity contribution in [1.82, 2.24) is 10.3 Å². The summed E-state index contributed by atoms with van der Waals surface area (Å²) < 4.78 is 0. The van der Waals surface area contributed by atoms with Gasteiger partial charge in [-0.05, 0) is 18.4 Å². The van der Waals surface area contributed by atoms with Crippen LogP contribution in [0.15, 0.2) is 5.38 Å². The molecule has 1 unspecified atom stereocenters. The molecule has 1 aromatic rings. The fraction of sp³-hybridized carbons (Fsp3) is 0.538. The van der Waals surface area contributed by atoms with Gasteiger partial charge in [0, 0.05) is 11.3 Å². The Bertz CT molecular complexity index is 545. The zero-order valence-electron chi connectivity index (χ0n) is 12.6. The molecule has 0 bridgehead atoms. The summed E-state index contributed by atoms with van der Waals surface area (Å²) in [4.78, 5) is 38.7. The number of thiazole rings is 1. The molecule has 1 aromatic heterocycles. The van der Waals surface area contributed by atoms with Crippen molar-refractivity contribution in [3.8, 4) is 0 Å². The average molecular weight is 345 g/mol. The molecule has 7 nitrogen and oxygen atoms in total. The fourth-order valence-corrected chi connectivity index (χ4v) is 2.58. The van der Waals surface area contributed by atoms with Crippen molar-refractivity contribution in [2.75, 3.05) is 17.3 Å². The minimum atomic E-state index is -1.08. The van der Waals surface area contributed by atoms with Crippen molar-refractivity contribution in [2.45, 2.75) is 26.3 Å². The van der Waals surface area contributed by atoms with Crippen molar-refractivity contribution in [3.63, 3.8) is 0 Å². The van der Waals surface area contributed by atoms with Crippen LogP contribution in [-0.4, -0.2) is 45.9 Å². The molecule has 1 heterocycles. The predicted molar refractivity (Wildman–Crippen MR) is 87.5 cm³/mol. The van der Waals surface area contributed by atoms with Gasteiger partial charge in [-0.25, -0.2) is 9.78 Å². The van der Waals surface area contributed by atoms with Gasteiger partial charge in [-0.2, -0.15) is 11.8 Å². The van der Waals surface area contributed by atoms with Crippen LogP contribution >= 0.6 is 23.1 Å². The van der Waals surface area contributed by atoms with Crippen LogP contribution in [0.3, 0.4) is 0 Å². The molecular formula is C13H19N3O4S2. The second kappa shape index (κ2) is 8.74. The lowest BCUT2D eigenvalue weighted by Gasteiger charge is -2.12. The number of carboxylic acids is 1. The number of carbonyl (C=O) groups excluding carboxylic acids is 2. The van der Waals surface area contributed by atoms with Crippen LogP contribution < -0.4 is 10.6 Å². The summed E-state index contributed by atoms with van der Waals surface area (Å²) in [6.45, 7) is 3.50. The number of carboxylic acid groups (broad SMARTS) is 1. The Balaban J connectivity index is 2.67. The lowest BCUT2D eigenvalue weighted by atomic mass is 10.2. The number of aromatic nitrogens is 1. The van der Waals surface area contributed by atoms with Gasteiger partial charge in [-0.15, -0.1) is 11.3 Å². The monoisotopic (exact) mass is 345 g/mol. The van der Waals surface area contributed by atoms with Crippen molar-refractivity contribution in [2.24, 2.45) is 5.92 Å². The van der Waals surface area contributed by atoms with E-state index in [1.165, 1.54) is 17.1 Å². The predicted octanol–water partition coefficient (Wildman–Crippen LogP) is 1.67. The smallest absolute Gasteiger partial charge is 0.326 e. The van der Waals surface area contributed by atoms with Gasteiger partial charge in [0.25, 0.3) is 5.91 Å². The van der Waals surface area contributed by atoms with Crippen molar-refractivity contribution in [3.05, 3.63) is 11.1 Å². The maximum absolute atomic E-state index is 12.0. The molecule has 0 radical (unpaired) electrons. The first-order chi connectivity index (χ1) is 10.3. The summed E-state index contributed by atoms with van der Waals surface area (Å²) in [7, 11) is 0. The normalized spacial score (nSPS) is 12.0. The van der Waals surface area contributed by atoms with Gasteiger partial charge >= 0.3 is 5.97 Å². The molecule has 0 fully saturated rings. The Kier molecular flexibility index (Phi) is 7.33. The molecule has 0 spiro atoms. The molecule has 9 heteroatoms. The molecule has 1 atom stereocenters. The highest BCUT2D eigenvalue weighted by Gasteiger charge is 2.22. The molecule has 0 aliphatic heterocycles. The Morgan fingerprint density at radius 2 is 2.09 bits per heavy atom. The Labute approximate surface area is 136 Å². The van der Waals surface area contributed by atoms with E-state index in [1.807, 2.05) is 6.26 Å². The largest absolute Gasteiger partial charge is 0.480 e. The van der Waals surface area contributed by atoms with Gasteiger partial charge in [-0.3, -0.25) is 9.59 Å². The van der Waals surface area contributed by atoms with Crippen molar-refractivity contribution < 1.29 is 19.5 Å². The summed E-state index contributed by atoms with van der Waals surface area (Å²) in [6.07, 6.45) is 2.20. The lowest BCUT2D eigenvalue weighted by molar-refractivity contribution is -0.139. The number of hydrogen-bond acceptors (Lipinski definition) is 6. The first-order valence-corrected chi connectivity index (χ1v) is 8.91. The van der Waals surface area contributed by atoms with E-state index in [1.54, 1.807) is 13.8 Å². The summed E-state index contributed by atoms with van der Waals surface area (Å²) in [5.41, 5.74) is 0.0967. The Morgan fingerprint density at radius 3 is 2.64 bits per heavy atom. The minimum absolute atomic E-state index is 0.0967. The average Bonchev–Trinajstić information content (AvgIpc) is 2.91. The maximum atomic E-state index is 12.0. The summed E-state index contributed by atoms with van der Waals surface area (Å²) in [5.74, 6) is -1.39. The van der Waals surface area contributed by atoms with E-state index >= 15 is 0 Å². The third-order valence-corrected chi connectivity index (χ3v) is 4.11. The fourth-order valence-electron chi connectivity index (χ4n) is 1.41. The molecule has 3 N–H and O–H groups in total. The van der Waals surface area contributed by atoms with Gasteiger partial charge in [0.1, 0.15) is 11.7 Å². The van der Waals surface area contributed by atoms with Crippen LogP contribution in [0.2, 0.25) is 0 Å². The molecule has 0 saturated heterocycles. The first kappa shape index (κ1) is 18.4. The molecule has 0 aromatic carbocycles. The zero-order valence-corrected chi connectivity index (χ0v) is 14.2. The second-order valence-corrected chi connectivity index (χ2v) is 6.67. The minimum Gasteiger partial charge on any atom is -0.480 e. The molecule has 0 saturated carbocycles. The molecule has 2 amide bonds. The van der Waals surface area contributed by atoms with Crippen LogP contribution in [-0.2, 0) is 9.59 Å². The van der Waals surface area contributed by atoms with Crippen molar-refractivity contribution in [1.29, 1.82) is 0 Å². The van der Waals surface area contributed by atoms with E-state index in [9.17, 15) is 14.4 Å². The van der Waals surface area contributed by atoms with E-state index in [0.717, 1.165) is 11.3 Å². The standard InChI is InChI=1S/C13H19N3O4S2/c1-7(2)10(17)16-13-15-9(6-22-13)11(18)14-8(12(19)20)4-5-21-3/h6-8H,4-5H2,1-3H3,(H,14,18)(H,19,20)(H,15,16,17). The number of carbonyl (C=O) groups is 3. The van der Waals surface area contributed by atoms with E-state index in [4.69, 9.17) is 5.11 Å². The van der Waals surface area contributed by atoms with Crippen LogP contribution in [0.4, 0.5) is 5.13 Å². The number of thioether (sulfide) groups is 1. The third-order valence-electron chi connectivity index (χ3n) is 2.71. The Hall–Kier alpha value is -1.61. The topological polar surface area (TPSA) is 108 Å². The molecule has 122 valence electrons. The summed E-state index contributed by atoms with van der Waals surface area (Å²) in [6, 6.07) is -0.949. The molecular weight excluding hydrogens is 326 g/mol. The van der Waals surface area contributed by atoms with Crippen LogP contribution in [0.5, 0.6) is 0 Å². The van der Waals surface area contributed by atoms with Gasteiger partial charge < -0.3 is 15.7 Å². The van der Waals surface area contributed by atoms with E-state index < -0.39 is 17.9 Å².